The molecule has 3 heteroatoms. The Balaban J connectivity index is 3.75. The number of hydrogen-bond donors (Lipinski definition) is 1. The van der Waals surface area contributed by atoms with Crippen molar-refractivity contribution in [1.29, 1.82) is 0 Å². The van der Waals surface area contributed by atoms with E-state index in [2.05, 4.69) is 10.1 Å². The first-order valence-electron chi connectivity index (χ1n) is 2.86. The van der Waals surface area contributed by atoms with Crippen molar-refractivity contribution in [3.8, 4) is 0 Å². The van der Waals surface area contributed by atoms with Crippen molar-refractivity contribution >= 4 is 11.4 Å². The first kappa shape index (κ1) is 8.14. The Morgan fingerprint density at radius 2 is 1.89 bits per heavy atom. The monoisotopic (exact) mass is 127 g/mol. The van der Waals surface area contributed by atoms with E-state index in [1.165, 1.54) is 0 Å². The van der Waals surface area contributed by atoms with Crippen LogP contribution in [-0.2, 0) is 0 Å². The van der Waals surface area contributed by atoms with Gasteiger partial charge in [0.2, 0.25) is 0 Å². The lowest BCUT2D eigenvalue weighted by molar-refractivity contribution is 1.21. The molecule has 9 heavy (non-hydrogen) atoms. The van der Waals surface area contributed by atoms with Gasteiger partial charge in [-0.2, -0.15) is 5.10 Å². The van der Waals surface area contributed by atoms with Gasteiger partial charge in [0.05, 0.1) is 0 Å². The van der Waals surface area contributed by atoms with Crippen LogP contribution in [0, 0.1) is 0 Å². The molecule has 0 bridgehead atoms. The van der Waals surface area contributed by atoms with Crippen molar-refractivity contribution in [3.05, 3.63) is 0 Å². The lowest BCUT2D eigenvalue weighted by Gasteiger charge is -1.95. The maximum absolute atomic E-state index is 5.01. The summed E-state index contributed by atoms with van der Waals surface area (Å²) in [6.07, 6.45) is 0.785. The maximum atomic E-state index is 5.01. The topological polar surface area (TPSA) is 50.7 Å². The zero-order valence-electron chi connectivity index (χ0n) is 6.18. The molecule has 52 valence electrons. The van der Waals surface area contributed by atoms with Gasteiger partial charge in [-0.1, -0.05) is 0 Å². The molecule has 0 aromatic rings. The molecule has 0 atom stereocenters. The molecule has 0 fully saturated rings. The van der Waals surface area contributed by atoms with E-state index in [1.807, 2.05) is 13.8 Å². The van der Waals surface area contributed by atoms with E-state index in [1.54, 1.807) is 7.05 Å². The van der Waals surface area contributed by atoms with Crippen LogP contribution in [0.4, 0.5) is 0 Å². The van der Waals surface area contributed by atoms with Crippen molar-refractivity contribution in [3.63, 3.8) is 0 Å². The van der Waals surface area contributed by atoms with Crippen LogP contribution in [0.5, 0.6) is 0 Å². The zero-order chi connectivity index (χ0) is 7.28. The van der Waals surface area contributed by atoms with Crippen molar-refractivity contribution in [1.82, 2.24) is 0 Å². The van der Waals surface area contributed by atoms with Crippen LogP contribution in [0.25, 0.3) is 0 Å². The lowest BCUT2D eigenvalue weighted by Crippen LogP contribution is -2.02. The Hall–Kier alpha value is -0.860. The van der Waals surface area contributed by atoms with Gasteiger partial charge in [-0.3, -0.25) is 4.99 Å². The van der Waals surface area contributed by atoms with Crippen LogP contribution in [-0.4, -0.2) is 18.5 Å². The fourth-order valence-corrected chi connectivity index (χ4v) is 0.495. The highest BCUT2D eigenvalue weighted by Crippen LogP contribution is 1.87. The van der Waals surface area contributed by atoms with Gasteiger partial charge in [0.1, 0.15) is 0 Å². The summed E-state index contributed by atoms with van der Waals surface area (Å²) in [5, 5.41) is 3.51. The minimum absolute atomic E-state index is 0.785. The molecule has 0 saturated carbocycles. The van der Waals surface area contributed by atoms with Crippen LogP contribution in [0.15, 0.2) is 10.1 Å². The Morgan fingerprint density at radius 3 is 2.22 bits per heavy atom. The fraction of sp³-hybridized carbons (Fsp3) is 0.667. The van der Waals surface area contributed by atoms with Gasteiger partial charge in [0, 0.05) is 24.9 Å². The predicted octanol–water partition coefficient (Wildman–Crippen LogP) is 0.802. The highest BCUT2D eigenvalue weighted by atomic mass is 15.1. The maximum Gasteiger partial charge on any atom is 0.0400 e. The molecule has 0 heterocycles. The van der Waals surface area contributed by atoms with E-state index in [9.17, 15) is 0 Å². The average molecular weight is 127 g/mol. The normalized spacial score (nSPS) is 14.1. The van der Waals surface area contributed by atoms with E-state index in [0.717, 1.165) is 17.8 Å². The summed E-state index contributed by atoms with van der Waals surface area (Å²) in [7, 11) is 1.76. The van der Waals surface area contributed by atoms with Crippen LogP contribution in [0.3, 0.4) is 0 Å². The lowest BCUT2D eigenvalue weighted by atomic mass is 10.2. The molecule has 0 aliphatic carbocycles. The fourth-order valence-electron chi connectivity index (χ4n) is 0.495. The summed E-state index contributed by atoms with van der Waals surface area (Å²) in [5.74, 6) is 5.01. The molecule has 0 unspecified atom stereocenters. The van der Waals surface area contributed by atoms with E-state index >= 15 is 0 Å². The van der Waals surface area contributed by atoms with Gasteiger partial charge in [0.15, 0.2) is 0 Å². The first-order chi connectivity index (χ1) is 4.20. The number of rotatable bonds is 2. The molecule has 3 nitrogen and oxygen atoms in total. The quantitative estimate of drug-likeness (QED) is 0.333. The summed E-state index contributed by atoms with van der Waals surface area (Å²) < 4.78 is 0. The number of nitrogens with zero attached hydrogens (tertiary/aromatic N) is 2. The molecule has 2 N–H and O–H groups in total. The van der Waals surface area contributed by atoms with E-state index in [-0.39, 0.29) is 0 Å². The van der Waals surface area contributed by atoms with Crippen LogP contribution < -0.4 is 5.84 Å². The molecule has 0 saturated heterocycles. The van der Waals surface area contributed by atoms with Crippen LogP contribution in [0.2, 0.25) is 0 Å². The van der Waals surface area contributed by atoms with Crippen molar-refractivity contribution in [2.45, 2.75) is 20.3 Å². The van der Waals surface area contributed by atoms with E-state index < -0.39 is 0 Å². The minimum Gasteiger partial charge on any atom is -0.323 e. The molecular weight excluding hydrogens is 114 g/mol. The molecule has 0 aliphatic heterocycles. The highest BCUT2D eigenvalue weighted by Gasteiger charge is 1.91. The predicted molar refractivity (Wildman–Crippen MR) is 40.9 cm³/mol. The Labute approximate surface area is 55.7 Å². The summed E-state index contributed by atoms with van der Waals surface area (Å²) in [5.41, 5.74) is 1.97. The largest absolute Gasteiger partial charge is 0.323 e. The third-order valence-corrected chi connectivity index (χ3v) is 1.11. The van der Waals surface area contributed by atoms with Crippen LogP contribution >= 0.6 is 0 Å². The van der Waals surface area contributed by atoms with Gasteiger partial charge in [-0.05, 0) is 13.8 Å². The molecular formula is C6H13N3. The molecule has 0 aromatic heterocycles. The second-order valence-corrected chi connectivity index (χ2v) is 2.00. The Kier molecular flexibility index (Phi) is 3.67. The standard InChI is InChI=1S/C6H13N3/c1-5(8-3)4-6(2)9-7/h4,7H2,1-3H3/b8-5?,9-6-. The molecule has 0 spiro atoms. The smallest absolute Gasteiger partial charge is 0.0400 e. The Bertz CT molecular complexity index is 119. The van der Waals surface area contributed by atoms with Gasteiger partial charge in [-0.15, -0.1) is 0 Å². The summed E-state index contributed by atoms with van der Waals surface area (Å²) in [6.45, 7) is 3.84. The van der Waals surface area contributed by atoms with Crippen molar-refractivity contribution in [2.24, 2.45) is 15.9 Å². The number of hydrazone groups is 1. The molecule has 0 rings (SSSR count). The first-order valence-corrected chi connectivity index (χ1v) is 2.86. The summed E-state index contributed by atoms with van der Waals surface area (Å²) in [4.78, 5) is 3.96. The van der Waals surface area contributed by atoms with Gasteiger partial charge in [0.25, 0.3) is 0 Å². The SMILES string of the molecule is CN=C(C)C/C(C)=N\N. The number of aliphatic imine (C=N–C) groups is 1. The zero-order valence-corrected chi connectivity index (χ0v) is 6.18. The molecule has 0 aromatic carbocycles. The van der Waals surface area contributed by atoms with Crippen molar-refractivity contribution < 1.29 is 0 Å². The Morgan fingerprint density at radius 1 is 1.33 bits per heavy atom. The van der Waals surface area contributed by atoms with Gasteiger partial charge in [-0.25, -0.2) is 0 Å². The number of hydrogen-bond acceptors (Lipinski definition) is 3. The van der Waals surface area contributed by atoms with Gasteiger partial charge < -0.3 is 5.84 Å². The summed E-state index contributed by atoms with van der Waals surface area (Å²) >= 11 is 0. The third-order valence-electron chi connectivity index (χ3n) is 1.11. The second-order valence-electron chi connectivity index (χ2n) is 2.00. The number of nitrogens with two attached hydrogens (primary N) is 1. The molecule has 0 radical (unpaired) electrons. The summed E-state index contributed by atoms with van der Waals surface area (Å²) in [6, 6.07) is 0. The van der Waals surface area contributed by atoms with Gasteiger partial charge >= 0.3 is 0 Å². The molecule has 0 aliphatic rings. The average Bonchev–Trinajstić information content (AvgIpc) is 1.87. The third kappa shape index (κ3) is 3.70. The molecule has 0 amide bonds. The second kappa shape index (κ2) is 4.06. The highest BCUT2D eigenvalue weighted by molar-refractivity contribution is 6.02. The minimum atomic E-state index is 0.785. The van der Waals surface area contributed by atoms with Crippen LogP contribution in [0.1, 0.15) is 20.3 Å². The van der Waals surface area contributed by atoms with Crippen molar-refractivity contribution in [2.75, 3.05) is 7.05 Å². The van der Waals surface area contributed by atoms with E-state index in [4.69, 9.17) is 5.84 Å². The van der Waals surface area contributed by atoms with E-state index in [0.29, 0.717) is 0 Å².